The van der Waals surface area contributed by atoms with Gasteiger partial charge in [0.2, 0.25) is 0 Å². The lowest BCUT2D eigenvalue weighted by molar-refractivity contribution is -0.0552. The van der Waals surface area contributed by atoms with E-state index in [4.69, 9.17) is 19.2 Å². The molecule has 2 N–H and O–H groups in total. The van der Waals surface area contributed by atoms with Gasteiger partial charge in [0, 0.05) is 70.5 Å². The molecule has 210 valence electrons. The number of amidine groups is 1. The SMILES string of the molecule is C=C(Nc1ccc(CN2CCOCC2(C)C)cc1C(=O)NCCCOC)C1CSC(N2CC[C@H](OC)C2)=N1. The number of benzene rings is 1. The van der Waals surface area contributed by atoms with E-state index >= 15 is 0 Å². The van der Waals surface area contributed by atoms with Gasteiger partial charge in [-0.3, -0.25) is 14.7 Å². The number of carbonyl (C=O) groups excluding carboxylic acids is 1. The number of aliphatic imine (C=N–C) groups is 1. The van der Waals surface area contributed by atoms with Gasteiger partial charge in [-0.2, -0.15) is 0 Å². The van der Waals surface area contributed by atoms with Crippen LogP contribution in [0.2, 0.25) is 0 Å². The van der Waals surface area contributed by atoms with E-state index in [0.29, 0.717) is 25.3 Å². The summed E-state index contributed by atoms with van der Waals surface area (Å²) in [5, 5.41) is 7.53. The summed E-state index contributed by atoms with van der Waals surface area (Å²) in [5.41, 5.74) is 3.20. The maximum atomic E-state index is 13.3. The molecule has 9 nitrogen and oxygen atoms in total. The second-order valence-corrected chi connectivity index (χ2v) is 11.7. The van der Waals surface area contributed by atoms with Crippen LogP contribution in [0.1, 0.15) is 42.6 Å². The van der Waals surface area contributed by atoms with Crippen molar-refractivity contribution in [3.05, 3.63) is 41.6 Å². The van der Waals surface area contributed by atoms with Crippen molar-refractivity contribution in [1.29, 1.82) is 0 Å². The van der Waals surface area contributed by atoms with E-state index < -0.39 is 0 Å². The minimum atomic E-state index is -0.104. The largest absolute Gasteiger partial charge is 0.385 e. The quantitative estimate of drug-likeness (QED) is 0.410. The van der Waals surface area contributed by atoms with Crippen LogP contribution < -0.4 is 10.6 Å². The van der Waals surface area contributed by atoms with Crippen molar-refractivity contribution in [2.24, 2.45) is 4.99 Å². The molecule has 1 unspecified atom stereocenters. The topological polar surface area (TPSA) is 87.7 Å². The number of rotatable bonds is 11. The van der Waals surface area contributed by atoms with Crippen LogP contribution in [0.15, 0.2) is 35.5 Å². The molecule has 0 aliphatic carbocycles. The van der Waals surface area contributed by atoms with Crippen LogP contribution in [0.4, 0.5) is 5.69 Å². The number of amides is 1. The van der Waals surface area contributed by atoms with E-state index in [9.17, 15) is 4.79 Å². The number of nitrogens with one attached hydrogen (secondary N) is 2. The second kappa shape index (κ2) is 13.3. The molecular formula is C28H43N5O4S. The molecule has 3 aliphatic rings. The zero-order chi connectivity index (χ0) is 27.1. The zero-order valence-corrected chi connectivity index (χ0v) is 24.1. The summed E-state index contributed by atoms with van der Waals surface area (Å²) in [7, 11) is 3.44. The molecular weight excluding hydrogens is 502 g/mol. The predicted molar refractivity (Wildman–Crippen MR) is 154 cm³/mol. The highest BCUT2D eigenvalue weighted by molar-refractivity contribution is 8.14. The van der Waals surface area contributed by atoms with Crippen LogP contribution in [0.5, 0.6) is 0 Å². The number of methoxy groups -OCH3 is 2. The molecule has 38 heavy (non-hydrogen) atoms. The fraction of sp³-hybridized carbons (Fsp3) is 0.643. The average Bonchev–Trinajstić information content (AvgIpc) is 3.58. The van der Waals surface area contributed by atoms with Crippen molar-refractivity contribution in [3.63, 3.8) is 0 Å². The Hall–Kier alpha value is -2.11. The lowest BCUT2D eigenvalue weighted by atomic mass is 10.00. The monoisotopic (exact) mass is 545 g/mol. The highest BCUT2D eigenvalue weighted by Gasteiger charge is 2.32. The molecule has 10 heteroatoms. The number of hydrogen-bond donors (Lipinski definition) is 2. The van der Waals surface area contributed by atoms with Gasteiger partial charge in [-0.05, 0) is 44.4 Å². The fourth-order valence-corrected chi connectivity index (χ4v) is 6.10. The number of morpholine rings is 1. The molecule has 0 spiro atoms. The van der Waals surface area contributed by atoms with Gasteiger partial charge in [0.1, 0.15) is 6.04 Å². The second-order valence-electron chi connectivity index (χ2n) is 10.7. The van der Waals surface area contributed by atoms with Gasteiger partial charge in [-0.15, -0.1) is 0 Å². The van der Waals surface area contributed by atoms with E-state index in [1.165, 1.54) is 0 Å². The highest BCUT2D eigenvalue weighted by Crippen LogP contribution is 2.30. The Morgan fingerprint density at radius 2 is 2.16 bits per heavy atom. The van der Waals surface area contributed by atoms with Crippen LogP contribution >= 0.6 is 11.8 Å². The van der Waals surface area contributed by atoms with Crippen LogP contribution in [0.3, 0.4) is 0 Å². The first kappa shape index (κ1) is 28.9. The molecule has 2 fully saturated rings. The molecule has 1 aromatic carbocycles. The number of nitrogens with zero attached hydrogens (tertiary/aromatic N) is 3. The molecule has 1 amide bonds. The molecule has 3 heterocycles. The molecule has 2 saturated heterocycles. The van der Waals surface area contributed by atoms with Crippen LogP contribution in [-0.4, -0.2) is 105 Å². The minimum absolute atomic E-state index is 0.0527. The lowest BCUT2D eigenvalue weighted by Gasteiger charge is -2.42. The molecule has 0 saturated carbocycles. The summed E-state index contributed by atoms with van der Waals surface area (Å²) in [5.74, 6) is 0.727. The third-order valence-electron chi connectivity index (χ3n) is 7.41. The molecule has 0 bridgehead atoms. The Morgan fingerprint density at radius 1 is 1.32 bits per heavy atom. The summed E-state index contributed by atoms with van der Waals surface area (Å²) in [6.45, 7) is 14.7. The zero-order valence-electron chi connectivity index (χ0n) is 23.3. The fourth-order valence-electron chi connectivity index (χ4n) is 4.97. The van der Waals surface area contributed by atoms with Gasteiger partial charge < -0.3 is 29.7 Å². The summed E-state index contributed by atoms with van der Waals surface area (Å²) in [4.78, 5) is 22.9. The molecule has 4 rings (SSSR count). The minimum Gasteiger partial charge on any atom is -0.385 e. The third kappa shape index (κ3) is 7.30. The molecule has 1 aromatic rings. The standard InChI is InChI=1S/C28H43N5O4S/c1-20(25-18-38-27(31-25)32-11-9-22(17-32)36-5)30-24-8-7-21(16-33-12-14-37-19-28(33,2)3)15-23(24)26(34)29-10-6-13-35-4/h7-8,15,22,25,30H,1,6,9-14,16-19H2,2-5H3,(H,29,34)/t22-,25?/m0/s1. The number of hydrogen-bond acceptors (Lipinski definition) is 9. The van der Waals surface area contributed by atoms with Crippen molar-refractivity contribution in [3.8, 4) is 0 Å². The van der Waals surface area contributed by atoms with Gasteiger partial charge in [0.05, 0.1) is 30.6 Å². The molecule has 2 atom stereocenters. The molecule has 0 radical (unpaired) electrons. The van der Waals surface area contributed by atoms with E-state index in [1.54, 1.807) is 26.0 Å². The van der Waals surface area contributed by atoms with Gasteiger partial charge in [0.15, 0.2) is 5.17 Å². The Bertz CT molecular complexity index is 1020. The smallest absolute Gasteiger partial charge is 0.253 e. The Kier molecular flexibility index (Phi) is 10.1. The first-order chi connectivity index (χ1) is 18.3. The van der Waals surface area contributed by atoms with E-state index in [1.807, 2.05) is 12.1 Å². The van der Waals surface area contributed by atoms with Crippen LogP contribution in [0, 0.1) is 0 Å². The van der Waals surface area contributed by atoms with Gasteiger partial charge in [-0.1, -0.05) is 24.4 Å². The predicted octanol–water partition coefficient (Wildman–Crippen LogP) is 3.18. The van der Waals surface area contributed by atoms with E-state index in [2.05, 4.69) is 46.9 Å². The summed E-state index contributed by atoms with van der Waals surface area (Å²) in [6, 6.07) is 6.04. The number of anilines is 1. The van der Waals surface area contributed by atoms with Gasteiger partial charge >= 0.3 is 0 Å². The van der Waals surface area contributed by atoms with Gasteiger partial charge in [0.25, 0.3) is 5.91 Å². The first-order valence-electron chi connectivity index (χ1n) is 13.5. The van der Waals surface area contributed by atoms with Crippen molar-refractivity contribution < 1.29 is 19.0 Å². The number of thioether (sulfide) groups is 1. The Labute approximate surface area is 231 Å². The maximum Gasteiger partial charge on any atom is 0.253 e. The molecule has 0 aromatic heterocycles. The average molecular weight is 546 g/mol. The maximum absolute atomic E-state index is 13.3. The van der Waals surface area contributed by atoms with Crippen LogP contribution in [0.25, 0.3) is 0 Å². The normalized spacial score (nSPS) is 23.4. The van der Waals surface area contributed by atoms with Crippen LogP contribution in [-0.2, 0) is 20.8 Å². The van der Waals surface area contributed by atoms with E-state index in [0.717, 1.165) is 73.5 Å². The Balaban J connectivity index is 1.47. The number of ether oxygens (including phenoxy) is 3. The highest BCUT2D eigenvalue weighted by atomic mass is 32.2. The lowest BCUT2D eigenvalue weighted by Crippen LogP contribution is -2.52. The Morgan fingerprint density at radius 3 is 2.89 bits per heavy atom. The van der Waals surface area contributed by atoms with E-state index in [-0.39, 0.29) is 23.6 Å². The molecule has 3 aliphatic heterocycles. The van der Waals surface area contributed by atoms with Crippen molar-refractivity contribution in [2.45, 2.75) is 50.9 Å². The van der Waals surface area contributed by atoms with Gasteiger partial charge in [-0.25, -0.2) is 0 Å². The third-order valence-corrected chi connectivity index (χ3v) is 8.52. The van der Waals surface area contributed by atoms with Crippen molar-refractivity contribution in [1.82, 2.24) is 15.1 Å². The summed E-state index contributed by atoms with van der Waals surface area (Å²) < 4.78 is 16.3. The summed E-state index contributed by atoms with van der Waals surface area (Å²) in [6.07, 6.45) is 2.05. The van der Waals surface area contributed by atoms with Crippen molar-refractivity contribution in [2.75, 3.05) is 71.3 Å². The van der Waals surface area contributed by atoms with Crippen molar-refractivity contribution >= 4 is 28.5 Å². The number of carbonyl (C=O) groups is 1. The number of likely N-dealkylation sites (tertiary alicyclic amines) is 1. The summed E-state index contributed by atoms with van der Waals surface area (Å²) >= 11 is 1.76. The first-order valence-corrected chi connectivity index (χ1v) is 14.5.